The Balaban J connectivity index is 1.54. The Hall–Kier alpha value is -0.830. The van der Waals surface area contributed by atoms with Crippen molar-refractivity contribution in [3.8, 4) is 0 Å². The highest BCUT2D eigenvalue weighted by atomic mass is 16.4. The van der Waals surface area contributed by atoms with Crippen LogP contribution in [-0.4, -0.2) is 22.3 Å². The highest BCUT2D eigenvalue weighted by Crippen LogP contribution is 2.67. The summed E-state index contributed by atoms with van der Waals surface area (Å²) in [6.07, 6.45) is 13.0. The van der Waals surface area contributed by atoms with Crippen LogP contribution in [0.25, 0.3) is 0 Å². The molecule has 0 aliphatic heterocycles. The molecule has 3 heteroatoms. The fourth-order valence-corrected chi connectivity index (χ4v) is 8.17. The molecule has 0 heterocycles. The minimum atomic E-state index is -0.650. The third kappa shape index (κ3) is 3.09. The van der Waals surface area contributed by atoms with Crippen molar-refractivity contribution in [1.29, 1.82) is 0 Å². The van der Waals surface area contributed by atoms with Crippen LogP contribution in [0.15, 0.2) is 11.6 Å². The van der Waals surface area contributed by atoms with Crippen molar-refractivity contribution in [1.82, 2.24) is 0 Å². The second kappa shape index (κ2) is 6.90. The van der Waals surface area contributed by atoms with E-state index in [9.17, 15) is 9.90 Å². The minimum absolute atomic E-state index is 0.124. The molecule has 3 nitrogen and oxygen atoms in total. The van der Waals surface area contributed by atoms with Gasteiger partial charge in [0.25, 0.3) is 0 Å². The molecule has 0 amide bonds. The topological polar surface area (TPSA) is 57.5 Å². The second-order valence-corrected chi connectivity index (χ2v) is 10.8. The zero-order valence-corrected chi connectivity index (χ0v) is 17.4. The maximum absolute atomic E-state index is 11.0. The van der Waals surface area contributed by atoms with E-state index in [0.29, 0.717) is 29.1 Å². The molecule has 0 unspecified atom stereocenters. The molecule has 0 saturated heterocycles. The number of hydrogen-bond acceptors (Lipinski definition) is 2. The lowest BCUT2D eigenvalue weighted by molar-refractivity contribution is -0.137. The van der Waals surface area contributed by atoms with E-state index in [1.54, 1.807) is 5.57 Å². The number of carbonyl (C=O) groups is 1. The number of carboxylic acid groups (broad SMARTS) is 1. The van der Waals surface area contributed by atoms with Gasteiger partial charge in [-0.3, -0.25) is 4.79 Å². The van der Waals surface area contributed by atoms with Gasteiger partial charge in [0.15, 0.2) is 0 Å². The molecule has 0 aromatic carbocycles. The fraction of sp³-hybridized carbons (Fsp3) is 0.875. The first-order valence-corrected chi connectivity index (χ1v) is 11.3. The Labute approximate surface area is 164 Å². The molecule has 0 aromatic heterocycles. The first-order chi connectivity index (χ1) is 12.8. The zero-order valence-electron chi connectivity index (χ0n) is 17.4. The molecular formula is C24H38O3. The van der Waals surface area contributed by atoms with Crippen LogP contribution in [0.2, 0.25) is 0 Å². The summed E-state index contributed by atoms with van der Waals surface area (Å²) in [6, 6.07) is 0. The van der Waals surface area contributed by atoms with Gasteiger partial charge in [-0.2, -0.15) is 0 Å². The summed E-state index contributed by atoms with van der Waals surface area (Å²) < 4.78 is 0. The summed E-state index contributed by atoms with van der Waals surface area (Å²) >= 11 is 0. The predicted molar refractivity (Wildman–Crippen MR) is 107 cm³/mol. The predicted octanol–water partition coefficient (Wildman–Crippen LogP) is 5.43. The van der Waals surface area contributed by atoms with E-state index in [4.69, 9.17) is 5.11 Å². The van der Waals surface area contributed by atoms with Crippen molar-refractivity contribution in [3.63, 3.8) is 0 Å². The maximum atomic E-state index is 11.0. The molecule has 0 aromatic rings. The molecule has 4 aliphatic rings. The Morgan fingerprint density at radius 1 is 1.19 bits per heavy atom. The first-order valence-electron chi connectivity index (χ1n) is 11.3. The number of fused-ring (bicyclic) bond motifs is 5. The van der Waals surface area contributed by atoms with Crippen molar-refractivity contribution in [2.45, 2.75) is 91.1 Å². The quantitative estimate of drug-likeness (QED) is 0.645. The minimum Gasteiger partial charge on any atom is -0.481 e. The van der Waals surface area contributed by atoms with Crippen molar-refractivity contribution in [2.75, 3.05) is 0 Å². The molecule has 2 N–H and O–H groups in total. The van der Waals surface area contributed by atoms with Crippen LogP contribution in [-0.2, 0) is 4.79 Å². The summed E-state index contributed by atoms with van der Waals surface area (Å²) in [7, 11) is 0. The molecule has 8 atom stereocenters. The van der Waals surface area contributed by atoms with Crippen LogP contribution >= 0.6 is 0 Å². The Morgan fingerprint density at radius 3 is 2.70 bits per heavy atom. The second-order valence-electron chi connectivity index (χ2n) is 10.8. The van der Waals surface area contributed by atoms with Gasteiger partial charge in [0, 0.05) is 6.42 Å². The van der Waals surface area contributed by atoms with Gasteiger partial charge in [0.1, 0.15) is 0 Å². The van der Waals surface area contributed by atoms with Gasteiger partial charge < -0.3 is 10.2 Å². The van der Waals surface area contributed by atoms with Crippen molar-refractivity contribution in [2.24, 2.45) is 40.4 Å². The number of rotatable bonds is 4. The molecule has 0 spiro atoms. The van der Waals surface area contributed by atoms with Crippen molar-refractivity contribution >= 4 is 5.97 Å². The smallest absolute Gasteiger partial charge is 0.303 e. The van der Waals surface area contributed by atoms with E-state index in [0.717, 1.165) is 43.4 Å². The number of carboxylic acids is 1. The van der Waals surface area contributed by atoms with Gasteiger partial charge in [-0.25, -0.2) is 0 Å². The average molecular weight is 375 g/mol. The molecule has 27 heavy (non-hydrogen) atoms. The van der Waals surface area contributed by atoms with Gasteiger partial charge in [0.05, 0.1) is 6.10 Å². The summed E-state index contributed by atoms with van der Waals surface area (Å²) in [5, 5.41) is 19.2. The lowest BCUT2D eigenvalue weighted by Gasteiger charge is -2.58. The van der Waals surface area contributed by atoms with E-state index >= 15 is 0 Å². The number of allylic oxidation sites excluding steroid dienone is 1. The summed E-state index contributed by atoms with van der Waals surface area (Å²) in [5.74, 6) is 2.94. The third-order valence-corrected chi connectivity index (χ3v) is 9.65. The van der Waals surface area contributed by atoms with E-state index in [1.165, 1.54) is 32.1 Å². The van der Waals surface area contributed by atoms with E-state index in [2.05, 4.69) is 26.8 Å². The number of hydrogen-bond donors (Lipinski definition) is 2. The van der Waals surface area contributed by atoms with Gasteiger partial charge in [-0.05, 0) is 98.2 Å². The molecule has 3 saturated carbocycles. The van der Waals surface area contributed by atoms with Gasteiger partial charge >= 0.3 is 5.97 Å². The van der Waals surface area contributed by atoms with E-state index < -0.39 is 5.97 Å². The molecular weight excluding hydrogens is 336 g/mol. The summed E-state index contributed by atoms with van der Waals surface area (Å²) in [6.45, 7) is 7.33. The third-order valence-electron chi connectivity index (χ3n) is 9.65. The fourth-order valence-electron chi connectivity index (χ4n) is 8.17. The Bertz CT molecular complexity index is 625. The van der Waals surface area contributed by atoms with Crippen LogP contribution in [0.1, 0.15) is 85.0 Å². The Kier molecular flexibility index (Phi) is 4.98. The maximum Gasteiger partial charge on any atom is 0.303 e. The molecule has 4 rings (SSSR count). The molecule has 3 fully saturated rings. The monoisotopic (exact) mass is 374 g/mol. The number of aliphatic hydroxyl groups is 1. The highest BCUT2D eigenvalue weighted by molar-refractivity contribution is 5.66. The SMILES string of the molecule is C[C@H](CCC(=O)O)[C@H]1CC[C@@H]2[C@@H]3CC=C4C[C@H](O)CC[C@]4(C)[C@H]3CC[C@@]21C. The van der Waals surface area contributed by atoms with Crippen molar-refractivity contribution < 1.29 is 15.0 Å². The largest absolute Gasteiger partial charge is 0.481 e. The normalized spacial score (nSPS) is 47.4. The van der Waals surface area contributed by atoms with Gasteiger partial charge in [0.2, 0.25) is 0 Å². The van der Waals surface area contributed by atoms with Gasteiger partial charge in [-0.1, -0.05) is 32.4 Å². The highest BCUT2D eigenvalue weighted by Gasteiger charge is 2.59. The average Bonchev–Trinajstić information content (AvgIpc) is 2.97. The first kappa shape index (κ1) is 19.5. The lowest BCUT2D eigenvalue weighted by Crippen LogP contribution is -2.50. The summed E-state index contributed by atoms with van der Waals surface area (Å²) in [4.78, 5) is 11.0. The van der Waals surface area contributed by atoms with Crippen LogP contribution in [0.3, 0.4) is 0 Å². The van der Waals surface area contributed by atoms with E-state index in [-0.39, 0.29) is 6.10 Å². The summed E-state index contributed by atoms with van der Waals surface area (Å²) in [5.41, 5.74) is 2.27. The number of aliphatic carboxylic acids is 1. The molecule has 152 valence electrons. The zero-order chi connectivity index (χ0) is 19.4. The number of aliphatic hydroxyl groups excluding tert-OH is 1. The molecule has 4 aliphatic carbocycles. The standard InChI is InChI=1S/C24H38O3/c1-15(4-9-22(26)27)19-7-8-20-18-6-5-16-14-17(25)10-12-23(16,2)21(18)11-13-24(19,20)3/h5,15,17-21,25H,4,6-14H2,1-3H3,(H,26,27)/t15-,17-,18+,19-,20-,21+,23+,24-/m1/s1. The Morgan fingerprint density at radius 2 is 1.96 bits per heavy atom. The molecule has 0 bridgehead atoms. The lowest BCUT2D eigenvalue weighted by atomic mass is 9.47. The van der Waals surface area contributed by atoms with Crippen molar-refractivity contribution in [3.05, 3.63) is 11.6 Å². The van der Waals surface area contributed by atoms with Crippen LogP contribution in [0, 0.1) is 40.4 Å². The van der Waals surface area contributed by atoms with Crippen LogP contribution in [0.4, 0.5) is 0 Å². The van der Waals surface area contributed by atoms with Crippen LogP contribution in [0.5, 0.6) is 0 Å². The van der Waals surface area contributed by atoms with Crippen LogP contribution < -0.4 is 0 Å². The van der Waals surface area contributed by atoms with E-state index in [1.807, 2.05) is 0 Å². The molecule has 0 radical (unpaired) electrons. The van der Waals surface area contributed by atoms with Gasteiger partial charge in [-0.15, -0.1) is 0 Å².